The maximum absolute atomic E-state index is 4.84. The van der Waals surface area contributed by atoms with Crippen LogP contribution in [-0.2, 0) is 4.74 Å². The van der Waals surface area contributed by atoms with Crippen molar-refractivity contribution in [2.45, 2.75) is 13.8 Å². The standard InChI is InChI=1S/C11H12BrNO/c1-8-7-10(5-4-6-14-3)13-9(2)11(8)12/h7H,6H2,1-3H3. The maximum Gasteiger partial charge on any atom is 0.113 e. The molecule has 3 heteroatoms. The van der Waals surface area contributed by atoms with Gasteiger partial charge in [-0.1, -0.05) is 5.92 Å². The average molecular weight is 254 g/mol. The zero-order chi connectivity index (χ0) is 10.6. The van der Waals surface area contributed by atoms with Crippen LogP contribution in [0, 0.1) is 25.7 Å². The van der Waals surface area contributed by atoms with Crippen LogP contribution in [0.2, 0.25) is 0 Å². The molecule has 0 atom stereocenters. The highest BCUT2D eigenvalue weighted by Gasteiger charge is 2.01. The van der Waals surface area contributed by atoms with Gasteiger partial charge in [0.15, 0.2) is 0 Å². The van der Waals surface area contributed by atoms with Crippen LogP contribution in [0.4, 0.5) is 0 Å². The molecule has 0 aliphatic rings. The van der Waals surface area contributed by atoms with Crippen LogP contribution < -0.4 is 0 Å². The Morgan fingerprint density at radius 1 is 1.50 bits per heavy atom. The Kier molecular flexibility index (Phi) is 4.12. The Morgan fingerprint density at radius 3 is 2.79 bits per heavy atom. The zero-order valence-corrected chi connectivity index (χ0v) is 10.1. The molecule has 0 amide bonds. The molecular formula is C11H12BrNO. The smallest absolute Gasteiger partial charge is 0.113 e. The monoisotopic (exact) mass is 253 g/mol. The topological polar surface area (TPSA) is 22.1 Å². The first-order valence-electron chi connectivity index (χ1n) is 4.26. The van der Waals surface area contributed by atoms with Crippen molar-refractivity contribution in [1.29, 1.82) is 0 Å². The summed E-state index contributed by atoms with van der Waals surface area (Å²) in [5.41, 5.74) is 2.91. The molecule has 0 spiro atoms. The number of aromatic nitrogens is 1. The van der Waals surface area contributed by atoms with Gasteiger partial charge >= 0.3 is 0 Å². The van der Waals surface area contributed by atoms with Crippen LogP contribution in [0.25, 0.3) is 0 Å². The molecule has 0 fully saturated rings. The number of rotatable bonds is 1. The van der Waals surface area contributed by atoms with Crippen molar-refractivity contribution in [1.82, 2.24) is 4.98 Å². The molecule has 74 valence electrons. The fraction of sp³-hybridized carbons (Fsp3) is 0.364. The second-order valence-electron chi connectivity index (χ2n) is 2.96. The van der Waals surface area contributed by atoms with E-state index in [1.807, 2.05) is 19.9 Å². The van der Waals surface area contributed by atoms with E-state index in [0.717, 1.165) is 21.4 Å². The molecule has 0 aliphatic carbocycles. The first kappa shape index (κ1) is 11.2. The quantitative estimate of drug-likeness (QED) is 0.718. The minimum absolute atomic E-state index is 0.440. The molecule has 1 heterocycles. The largest absolute Gasteiger partial charge is 0.372 e. The van der Waals surface area contributed by atoms with Crippen molar-refractivity contribution in [2.75, 3.05) is 13.7 Å². The average Bonchev–Trinajstić information content (AvgIpc) is 2.14. The van der Waals surface area contributed by atoms with Gasteiger partial charge in [0.2, 0.25) is 0 Å². The molecule has 0 saturated carbocycles. The first-order valence-corrected chi connectivity index (χ1v) is 5.06. The summed E-state index contributed by atoms with van der Waals surface area (Å²) in [5.74, 6) is 5.82. The molecule has 0 radical (unpaired) electrons. The second-order valence-corrected chi connectivity index (χ2v) is 3.75. The van der Waals surface area contributed by atoms with E-state index in [1.54, 1.807) is 7.11 Å². The fourth-order valence-electron chi connectivity index (χ4n) is 1.08. The summed E-state index contributed by atoms with van der Waals surface area (Å²) >= 11 is 3.46. The second kappa shape index (κ2) is 5.14. The molecule has 0 saturated heterocycles. The number of pyridine rings is 1. The Hall–Kier alpha value is -0.850. The predicted octanol–water partition coefficient (Wildman–Crippen LogP) is 2.46. The molecule has 1 aromatic heterocycles. The van der Waals surface area contributed by atoms with Gasteiger partial charge in [0.25, 0.3) is 0 Å². The van der Waals surface area contributed by atoms with E-state index in [-0.39, 0.29) is 0 Å². The molecule has 0 bridgehead atoms. The summed E-state index contributed by atoms with van der Waals surface area (Å²) in [6.07, 6.45) is 0. The number of hydrogen-bond acceptors (Lipinski definition) is 2. The van der Waals surface area contributed by atoms with Crippen molar-refractivity contribution in [3.05, 3.63) is 27.5 Å². The highest BCUT2D eigenvalue weighted by atomic mass is 79.9. The normalized spacial score (nSPS) is 9.43. The van der Waals surface area contributed by atoms with Crippen LogP contribution in [-0.4, -0.2) is 18.7 Å². The summed E-state index contributed by atoms with van der Waals surface area (Å²) in [6, 6.07) is 1.96. The maximum atomic E-state index is 4.84. The van der Waals surface area contributed by atoms with Crippen molar-refractivity contribution >= 4 is 15.9 Å². The van der Waals surface area contributed by atoms with Gasteiger partial charge in [0.1, 0.15) is 12.3 Å². The summed E-state index contributed by atoms with van der Waals surface area (Å²) < 4.78 is 5.89. The van der Waals surface area contributed by atoms with E-state index in [9.17, 15) is 0 Å². The van der Waals surface area contributed by atoms with Gasteiger partial charge in [-0.3, -0.25) is 0 Å². The summed E-state index contributed by atoms with van der Waals surface area (Å²) in [5, 5.41) is 0. The van der Waals surface area contributed by atoms with E-state index in [0.29, 0.717) is 6.61 Å². The summed E-state index contributed by atoms with van der Waals surface area (Å²) in [6.45, 7) is 4.43. The van der Waals surface area contributed by atoms with Gasteiger partial charge in [-0.15, -0.1) is 0 Å². The lowest BCUT2D eigenvalue weighted by Gasteiger charge is -2.01. The number of aryl methyl sites for hydroxylation is 2. The van der Waals surface area contributed by atoms with Crippen molar-refractivity contribution in [3.63, 3.8) is 0 Å². The number of methoxy groups -OCH3 is 1. The van der Waals surface area contributed by atoms with Gasteiger partial charge in [0.05, 0.1) is 5.69 Å². The predicted molar refractivity (Wildman–Crippen MR) is 60.2 cm³/mol. The van der Waals surface area contributed by atoms with Gasteiger partial charge in [-0.25, -0.2) is 4.98 Å². The van der Waals surface area contributed by atoms with Crippen LogP contribution in [0.3, 0.4) is 0 Å². The van der Waals surface area contributed by atoms with E-state index < -0.39 is 0 Å². The molecule has 14 heavy (non-hydrogen) atoms. The molecule has 0 aliphatic heterocycles. The zero-order valence-electron chi connectivity index (χ0n) is 8.52. The van der Waals surface area contributed by atoms with Crippen LogP contribution in [0.5, 0.6) is 0 Å². The van der Waals surface area contributed by atoms with Crippen LogP contribution in [0.1, 0.15) is 17.0 Å². The van der Waals surface area contributed by atoms with Gasteiger partial charge in [-0.2, -0.15) is 0 Å². The number of ether oxygens (including phenoxy) is 1. The van der Waals surface area contributed by atoms with Crippen molar-refractivity contribution in [2.24, 2.45) is 0 Å². The van der Waals surface area contributed by atoms with Gasteiger partial charge in [-0.05, 0) is 47.3 Å². The fourth-order valence-corrected chi connectivity index (χ4v) is 1.28. The number of nitrogens with zero attached hydrogens (tertiary/aromatic N) is 1. The Bertz CT molecular complexity index is 367. The molecule has 0 unspecified atom stereocenters. The Balaban J connectivity index is 2.97. The highest BCUT2D eigenvalue weighted by molar-refractivity contribution is 9.10. The highest BCUT2D eigenvalue weighted by Crippen LogP contribution is 2.19. The first-order chi connectivity index (χ1) is 6.65. The molecule has 1 aromatic rings. The Morgan fingerprint density at radius 2 is 2.21 bits per heavy atom. The third-order valence-corrected chi connectivity index (χ3v) is 2.94. The van der Waals surface area contributed by atoms with Gasteiger partial charge in [0, 0.05) is 11.6 Å². The number of hydrogen-bond donors (Lipinski definition) is 0. The molecule has 0 N–H and O–H groups in total. The van der Waals surface area contributed by atoms with Crippen LogP contribution >= 0.6 is 15.9 Å². The summed E-state index contributed by atoms with van der Waals surface area (Å²) in [7, 11) is 1.63. The van der Waals surface area contributed by atoms with Crippen LogP contribution in [0.15, 0.2) is 10.5 Å². The SMILES string of the molecule is COCC#Cc1cc(C)c(Br)c(C)n1. The van der Waals surface area contributed by atoms with Crippen molar-refractivity contribution < 1.29 is 4.74 Å². The van der Waals surface area contributed by atoms with E-state index >= 15 is 0 Å². The lowest BCUT2D eigenvalue weighted by Crippen LogP contribution is -1.92. The van der Waals surface area contributed by atoms with E-state index in [1.165, 1.54) is 0 Å². The molecule has 0 aromatic carbocycles. The van der Waals surface area contributed by atoms with Crippen molar-refractivity contribution in [3.8, 4) is 11.8 Å². The third-order valence-electron chi connectivity index (χ3n) is 1.74. The summed E-state index contributed by atoms with van der Waals surface area (Å²) in [4.78, 5) is 4.33. The molecular weight excluding hydrogens is 242 g/mol. The van der Waals surface area contributed by atoms with Gasteiger partial charge < -0.3 is 4.74 Å². The lowest BCUT2D eigenvalue weighted by atomic mass is 10.2. The Labute approximate surface area is 92.8 Å². The third kappa shape index (κ3) is 2.83. The van der Waals surface area contributed by atoms with E-state index in [2.05, 4.69) is 32.8 Å². The lowest BCUT2D eigenvalue weighted by molar-refractivity contribution is 0.240. The minimum atomic E-state index is 0.440. The minimum Gasteiger partial charge on any atom is -0.372 e. The van der Waals surface area contributed by atoms with E-state index in [4.69, 9.17) is 4.74 Å². The number of halogens is 1. The molecule has 2 nitrogen and oxygen atoms in total. The molecule has 1 rings (SSSR count).